The van der Waals surface area contributed by atoms with Crippen molar-refractivity contribution in [3.63, 3.8) is 0 Å². The highest BCUT2D eigenvalue weighted by Gasteiger charge is 2.40. The molecule has 9 nitrogen and oxygen atoms in total. The summed E-state index contributed by atoms with van der Waals surface area (Å²) in [6.07, 6.45) is 0. The first-order valence-corrected chi connectivity index (χ1v) is 10.1. The van der Waals surface area contributed by atoms with Crippen molar-refractivity contribution in [3.05, 3.63) is 35.6 Å². The SMILES string of the molecule is CN[C@@H](C)C(=O)N[C@H](C(=O)N1CCN(C(=O)c2ccc(F)cc2)C[C@H]1C(=O)O)C(C)C. The number of carbonyl (C=O) groups is 4. The highest BCUT2D eigenvalue weighted by molar-refractivity contribution is 5.96. The van der Waals surface area contributed by atoms with Gasteiger partial charge in [-0.2, -0.15) is 0 Å². The Hall–Kier alpha value is -3.01. The number of carboxylic acids is 1. The maximum absolute atomic E-state index is 13.2. The summed E-state index contributed by atoms with van der Waals surface area (Å²) < 4.78 is 13.1. The van der Waals surface area contributed by atoms with Crippen molar-refractivity contribution in [2.45, 2.75) is 38.9 Å². The second-order valence-corrected chi connectivity index (χ2v) is 7.88. The summed E-state index contributed by atoms with van der Waals surface area (Å²) in [5.41, 5.74) is 0.235. The fourth-order valence-electron chi connectivity index (χ4n) is 3.32. The van der Waals surface area contributed by atoms with Crippen molar-refractivity contribution in [1.82, 2.24) is 20.4 Å². The number of carboxylic acid groups (broad SMARTS) is 1. The molecule has 0 aliphatic carbocycles. The number of likely N-dealkylation sites (N-methyl/N-ethyl adjacent to an activating group) is 1. The van der Waals surface area contributed by atoms with E-state index < -0.39 is 41.7 Å². The van der Waals surface area contributed by atoms with Crippen LogP contribution < -0.4 is 10.6 Å². The number of hydrogen-bond donors (Lipinski definition) is 3. The summed E-state index contributed by atoms with van der Waals surface area (Å²) in [5.74, 6) is -3.31. The molecule has 10 heteroatoms. The van der Waals surface area contributed by atoms with Crippen molar-refractivity contribution >= 4 is 23.7 Å². The summed E-state index contributed by atoms with van der Waals surface area (Å²) in [7, 11) is 1.62. The van der Waals surface area contributed by atoms with Crippen molar-refractivity contribution < 1.29 is 28.7 Å². The summed E-state index contributed by atoms with van der Waals surface area (Å²) in [4.78, 5) is 52.6. The van der Waals surface area contributed by atoms with Crippen LogP contribution in [-0.4, -0.2) is 83.4 Å². The molecule has 0 radical (unpaired) electrons. The number of nitrogens with one attached hydrogen (secondary N) is 2. The van der Waals surface area contributed by atoms with E-state index in [0.717, 1.165) is 12.1 Å². The normalized spacial score (nSPS) is 18.5. The Kier molecular flexibility index (Phi) is 8.09. The summed E-state index contributed by atoms with van der Waals surface area (Å²) in [6.45, 7) is 5.09. The van der Waals surface area contributed by atoms with E-state index in [1.54, 1.807) is 27.8 Å². The van der Waals surface area contributed by atoms with E-state index in [2.05, 4.69) is 10.6 Å². The zero-order chi connectivity index (χ0) is 23.3. The molecule has 1 fully saturated rings. The Labute approximate surface area is 180 Å². The van der Waals surface area contributed by atoms with Gasteiger partial charge in [0.05, 0.1) is 12.6 Å². The zero-order valence-corrected chi connectivity index (χ0v) is 18.1. The van der Waals surface area contributed by atoms with Crippen LogP contribution in [0.1, 0.15) is 31.1 Å². The molecule has 1 aromatic rings. The van der Waals surface area contributed by atoms with Crippen LogP contribution in [0.3, 0.4) is 0 Å². The van der Waals surface area contributed by atoms with Gasteiger partial charge in [-0.3, -0.25) is 14.4 Å². The van der Waals surface area contributed by atoms with Crippen LogP contribution in [0.15, 0.2) is 24.3 Å². The predicted octanol–water partition coefficient (Wildman–Crippen LogP) is 0.312. The van der Waals surface area contributed by atoms with Crippen molar-refractivity contribution in [2.24, 2.45) is 5.92 Å². The molecule has 1 aliphatic heterocycles. The minimum Gasteiger partial charge on any atom is -0.480 e. The lowest BCUT2D eigenvalue weighted by atomic mass is 10.00. The molecule has 3 amide bonds. The van der Waals surface area contributed by atoms with Crippen LogP contribution >= 0.6 is 0 Å². The topological polar surface area (TPSA) is 119 Å². The number of hydrogen-bond acceptors (Lipinski definition) is 5. The Balaban J connectivity index is 2.18. The van der Waals surface area contributed by atoms with Crippen LogP contribution in [0.5, 0.6) is 0 Å². The van der Waals surface area contributed by atoms with Crippen LogP contribution in [-0.2, 0) is 14.4 Å². The lowest BCUT2D eigenvalue weighted by molar-refractivity contribution is -0.155. The third-order valence-electron chi connectivity index (χ3n) is 5.38. The van der Waals surface area contributed by atoms with Gasteiger partial charge in [0.1, 0.15) is 17.9 Å². The molecule has 1 aromatic carbocycles. The fourth-order valence-corrected chi connectivity index (χ4v) is 3.32. The largest absolute Gasteiger partial charge is 0.480 e. The van der Waals surface area contributed by atoms with E-state index in [0.29, 0.717) is 0 Å². The Bertz CT molecular complexity index is 830. The van der Waals surface area contributed by atoms with E-state index in [9.17, 15) is 28.7 Å². The van der Waals surface area contributed by atoms with E-state index in [1.165, 1.54) is 21.9 Å². The molecule has 170 valence electrons. The average Bonchev–Trinajstić information content (AvgIpc) is 2.75. The van der Waals surface area contributed by atoms with Crippen LogP contribution in [0.2, 0.25) is 0 Å². The second-order valence-electron chi connectivity index (χ2n) is 7.88. The molecular formula is C21H29FN4O5. The maximum atomic E-state index is 13.2. The van der Waals surface area contributed by atoms with Gasteiger partial charge >= 0.3 is 5.97 Å². The van der Waals surface area contributed by atoms with E-state index in [1.807, 2.05) is 0 Å². The second kappa shape index (κ2) is 10.3. The van der Waals surface area contributed by atoms with Gasteiger partial charge in [0.25, 0.3) is 5.91 Å². The van der Waals surface area contributed by atoms with Crippen molar-refractivity contribution in [3.8, 4) is 0 Å². The highest BCUT2D eigenvalue weighted by atomic mass is 19.1. The van der Waals surface area contributed by atoms with Gasteiger partial charge in [-0.1, -0.05) is 13.8 Å². The van der Waals surface area contributed by atoms with E-state index in [-0.39, 0.29) is 37.0 Å². The van der Waals surface area contributed by atoms with Crippen LogP contribution in [0.25, 0.3) is 0 Å². The smallest absolute Gasteiger partial charge is 0.328 e. The molecule has 0 saturated carbocycles. The molecular weight excluding hydrogens is 407 g/mol. The molecule has 1 saturated heterocycles. The number of amides is 3. The third-order valence-corrected chi connectivity index (χ3v) is 5.38. The highest BCUT2D eigenvalue weighted by Crippen LogP contribution is 2.17. The number of piperazine rings is 1. The lowest BCUT2D eigenvalue weighted by Gasteiger charge is -2.41. The van der Waals surface area contributed by atoms with Crippen molar-refractivity contribution in [1.29, 1.82) is 0 Å². The number of rotatable bonds is 7. The third kappa shape index (κ3) is 5.78. The van der Waals surface area contributed by atoms with Gasteiger partial charge in [-0.15, -0.1) is 0 Å². The predicted molar refractivity (Wildman–Crippen MR) is 111 cm³/mol. The number of nitrogens with zero attached hydrogens (tertiary/aromatic N) is 2. The molecule has 31 heavy (non-hydrogen) atoms. The van der Waals surface area contributed by atoms with E-state index >= 15 is 0 Å². The van der Waals surface area contributed by atoms with Gasteiger partial charge in [0.15, 0.2) is 0 Å². The minimum absolute atomic E-state index is 0.00338. The quantitative estimate of drug-likeness (QED) is 0.566. The molecule has 3 N–H and O–H groups in total. The molecule has 0 spiro atoms. The first-order valence-electron chi connectivity index (χ1n) is 10.1. The van der Waals surface area contributed by atoms with Crippen molar-refractivity contribution in [2.75, 3.05) is 26.7 Å². The molecule has 0 aromatic heterocycles. The Morgan fingerprint density at radius 2 is 1.71 bits per heavy atom. The first kappa shape index (κ1) is 24.3. The molecule has 1 aliphatic rings. The molecule has 0 unspecified atom stereocenters. The Morgan fingerprint density at radius 1 is 1.10 bits per heavy atom. The number of halogens is 1. The number of carbonyl (C=O) groups excluding carboxylic acids is 3. The van der Waals surface area contributed by atoms with Gasteiger partial charge in [-0.05, 0) is 44.2 Å². The zero-order valence-electron chi connectivity index (χ0n) is 18.1. The molecule has 0 bridgehead atoms. The first-order chi connectivity index (χ1) is 14.6. The van der Waals surface area contributed by atoms with E-state index in [4.69, 9.17) is 0 Å². The lowest BCUT2D eigenvalue weighted by Crippen LogP contribution is -2.64. The summed E-state index contributed by atoms with van der Waals surface area (Å²) >= 11 is 0. The molecule has 3 atom stereocenters. The van der Waals surface area contributed by atoms with Gasteiger partial charge < -0.3 is 25.5 Å². The van der Waals surface area contributed by atoms with Gasteiger partial charge in [0.2, 0.25) is 11.8 Å². The summed E-state index contributed by atoms with van der Waals surface area (Å²) in [5, 5.41) is 15.2. The summed E-state index contributed by atoms with van der Waals surface area (Å²) in [6, 6.07) is 2.30. The molecule has 1 heterocycles. The number of benzene rings is 1. The monoisotopic (exact) mass is 436 g/mol. The number of aliphatic carboxylic acids is 1. The van der Waals surface area contributed by atoms with Gasteiger partial charge in [0, 0.05) is 18.7 Å². The van der Waals surface area contributed by atoms with Crippen LogP contribution in [0, 0.1) is 11.7 Å². The average molecular weight is 436 g/mol. The minimum atomic E-state index is -1.26. The van der Waals surface area contributed by atoms with Crippen LogP contribution in [0.4, 0.5) is 4.39 Å². The maximum Gasteiger partial charge on any atom is 0.328 e. The fraction of sp³-hybridized carbons (Fsp3) is 0.524. The van der Waals surface area contributed by atoms with Gasteiger partial charge in [-0.25, -0.2) is 9.18 Å². The Morgan fingerprint density at radius 3 is 2.23 bits per heavy atom. The standard InChI is InChI=1S/C21H29FN4O5/c1-12(2)17(24-18(27)13(3)23-4)20(29)26-10-9-25(11-16(26)21(30)31)19(28)14-5-7-15(22)8-6-14/h5-8,12-13,16-17,23H,9-11H2,1-4H3,(H,24,27)(H,30,31)/t13-,16-,17-/m0/s1. The molecule has 2 rings (SSSR count).